The van der Waals surface area contributed by atoms with Gasteiger partial charge in [0.2, 0.25) is 5.91 Å². The number of rotatable bonds is 2. The van der Waals surface area contributed by atoms with Crippen molar-refractivity contribution in [3.8, 4) is 0 Å². The second-order valence-electron chi connectivity index (χ2n) is 6.57. The molecule has 0 radical (unpaired) electrons. The minimum atomic E-state index is 0.00121. The van der Waals surface area contributed by atoms with Gasteiger partial charge in [-0.1, -0.05) is 0 Å². The van der Waals surface area contributed by atoms with Gasteiger partial charge in [0.05, 0.1) is 22.7 Å². The van der Waals surface area contributed by atoms with Gasteiger partial charge in [-0.2, -0.15) is 0 Å². The lowest BCUT2D eigenvalue weighted by Crippen LogP contribution is -2.66. The van der Waals surface area contributed by atoms with Crippen molar-refractivity contribution >= 4 is 17.2 Å². The lowest BCUT2D eigenvalue weighted by molar-refractivity contribution is -0.141. The van der Waals surface area contributed by atoms with Gasteiger partial charge in [0.1, 0.15) is 0 Å². The Morgan fingerprint density at radius 2 is 2.29 bits per heavy atom. The van der Waals surface area contributed by atoms with E-state index < -0.39 is 0 Å². The van der Waals surface area contributed by atoms with E-state index in [1.54, 1.807) is 11.3 Å². The van der Waals surface area contributed by atoms with Crippen LogP contribution in [0, 0.1) is 13.8 Å². The summed E-state index contributed by atoms with van der Waals surface area (Å²) in [6, 6.07) is 0.466. The molecule has 1 aromatic heterocycles. The summed E-state index contributed by atoms with van der Waals surface area (Å²) in [5, 5.41) is 4.68. The Labute approximate surface area is 130 Å². The number of hydrogen-bond donors (Lipinski definition) is 1. The number of hydrogen-bond acceptors (Lipinski definition) is 4. The monoisotopic (exact) mass is 307 g/mol. The highest BCUT2D eigenvalue weighted by atomic mass is 32.1. The van der Waals surface area contributed by atoms with Crippen molar-refractivity contribution in [2.45, 2.75) is 64.5 Å². The number of aromatic nitrogens is 1. The fourth-order valence-corrected chi connectivity index (χ4v) is 4.87. The molecule has 2 aliphatic heterocycles. The Kier molecular flexibility index (Phi) is 4.06. The van der Waals surface area contributed by atoms with E-state index in [-0.39, 0.29) is 11.4 Å². The first-order chi connectivity index (χ1) is 10.0. The average molecular weight is 307 g/mol. The van der Waals surface area contributed by atoms with Crippen LogP contribution in [-0.4, -0.2) is 40.5 Å². The Morgan fingerprint density at radius 1 is 1.48 bits per heavy atom. The van der Waals surface area contributed by atoms with Crippen LogP contribution < -0.4 is 5.32 Å². The van der Waals surface area contributed by atoms with E-state index in [1.165, 1.54) is 6.42 Å². The van der Waals surface area contributed by atoms with Gasteiger partial charge in [0.15, 0.2) is 0 Å². The van der Waals surface area contributed by atoms with Gasteiger partial charge in [-0.25, -0.2) is 4.98 Å². The quantitative estimate of drug-likeness (QED) is 0.913. The minimum absolute atomic E-state index is 0.00121. The van der Waals surface area contributed by atoms with Crippen LogP contribution >= 0.6 is 11.3 Å². The first kappa shape index (κ1) is 15.0. The van der Waals surface area contributed by atoms with Gasteiger partial charge >= 0.3 is 0 Å². The minimum Gasteiger partial charge on any atom is -0.335 e. The maximum Gasteiger partial charge on any atom is 0.228 e. The molecule has 5 heteroatoms. The molecule has 2 aliphatic rings. The molecule has 0 aliphatic carbocycles. The molecule has 1 amide bonds. The number of nitrogens with zero attached hydrogens (tertiary/aromatic N) is 2. The van der Waals surface area contributed by atoms with E-state index in [2.05, 4.69) is 22.1 Å². The Morgan fingerprint density at radius 3 is 3.00 bits per heavy atom. The fourth-order valence-electron chi connectivity index (χ4n) is 3.94. The first-order valence-electron chi connectivity index (χ1n) is 7.97. The number of aryl methyl sites for hydroxylation is 2. The SMILES string of the molecule is Cc1nc(C)c(CC(=O)N2CCC[C@H]3NCCC[C@@]32C)s1. The summed E-state index contributed by atoms with van der Waals surface area (Å²) >= 11 is 1.66. The summed E-state index contributed by atoms with van der Waals surface area (Å²) in [6.07, 6.45) is 5.10. The van der Waals surface area contributed by atoms with Crippen LogP contribution in [0.15, 0.2) is 0 Å². The largest absolute Gasteiger partial charge is 0.335 e. The number of thiazole rings is 1. The van der Waals surface area contributed by atoms with Crippen LogP contribution in [0.2, 0.25) is 0 Å². The maximum absolute atomic E-state index is 12.9. The lowest BCUT2D eigenvalue weighted by Gasteiger charge is -2.53. The molecule has 1 N–H and O–H groups in total. The molecule has 2 saturated heterocycles. The zero-order valence-corrected chi connectivity index (χ0v) is 14.1. The van der Waals surface area contributed by atoms with Crippen molar-refractivity contribution in [1.82, 2.24) is 15.2 Å². The van der Waals surface area contributed by atoms with Crippen LogP contribution in [-0.2, 0) is 11.2 Å². The topological polar surface area (TPSA) is 45.2 Å². The molecule has 0 saturated carbocycles. The van der Waals surface area contributed by atoms with E-state index in [0.29, 0.717) is 12.5 Å². The summed E-state index contributed by atoms with van der Waals surface area (Å²) in [6.45, 7) is 8.29. The zero-order valence-electron chi connectivity index (χ0n) is 13.2. The second kappa shape index (κ2) is 5.69. The molecule has 3 rings (SSSR count). The van der Waals surface area contributed by atoms with Crippen LogP contribution in [0.3, 0.4) is 0 Å². The van der Waals surface area contributed by atoms with Gasteiger partial charge < -0.3 is 10.2 Å². The van der Waals surface area contributed by atoms with Gasteiger partial charge in [-0.3, -0.25) is 4.79 Å². The van der Waals surface area contributed by atoms with Gasteiger partial charge in [-0.15, -0.1) is 11.3 Å². The van der Waals surface area contributed by atoms with Gasteiger partial charge in [0, 0.05) is 17.5 Å². The molecule has 4 nitrogen and oxygen atoms in total. The lowest BCUT2D eigenvalue weighted by atomic mass is 9.77. The molecule has 0 unspecified atom stereocenters. The molecule has 21 heavy (non-hydrogen) atoms. The summed E-state index contributed by atoms with van der Waals surface area (Å²) < 4.78 is 0. The van der Waals surface area contributed by atoms with Crippen molar-refractivity contribution in [3.63, 3.8) is 0 Å². The Bertz CT molecular complexity index is 540. The number of carbonyl (C=O) groups excluding carboxylic acids is 1. The van der Waals surface area contributed by atoms with Crippen molar-refractivity contribution in [2.24, 2.45) is 0 Å². The van der Waals surface area contributed by atoms with Gasteiger partial charge in [-0.05, 0) is 53.0 Å². The van der Waals surface area contributed by atoms with Crippen molar-refractivity contribution in [1.29, 1.82) is 0 Å². The standard InChI is InChI=1S/C16H25N3OS/c1-11-13(21-12(2)18-11)10-15(20)19-9-4-6-14-16(19,3)7-5-8-17-14/h14,17H,4-10H2,1-3H3/t14-,16+/m1/s1. The summed E-state index contributed by atoms with van der Waals surface area (Å²) in [7, 11) is 0. The van der Waals surface area contributed by atoms with Crippen molar-refractivity contribution in [3.05, 3.63) is 15.6 Å². The smallest absolute Gasteiger partial charge is 0.228 e. The number of carbonyl (C=O) groups is 1. The summed E-state index contributed by atoms with van der Waals surface area (Å²) in [4.78, 5) is 20.6. The average Bonchev–Trinajstić information content (AvgIpc) is 2.75. The highest BCUT2D eigenvalue weighted by Gasteiger charge is 2.45. The normalized spacial score (nSPS) is 29.3. The highest BCUT2D eigenvalue weighted by molar-refractivity contribution is 7.11. The van der Waals surface area contributed by atoms with E-state index >= 15 is 0 Å². The van der Waals surface area contributed by atoms with E-state index in [0.717, 1.165) is 47.9 Å². The molecule has 2 fully saturated rings. The number of amides is 1. The molecular formula is C16H25N3OS. The third-order valence-electron chi connectivity index (χ3n) is 5.10. The van der Waals surface area contributed by atoms with E-state index in [1.807, 2.05) is 13.8 Å². The Hall–Kier alpha value is -0.940. The Balaban J connectivity index is 1.78. The zero-order chi connectivity index (χ0) is 15.0. The molecule has 0 spiro atoms. The van der Waals surface area contributed by atoms with Crippen molar-refractivity contribution < 1.29 is 4.79 Å². The number of likely N-dealkylation sites (tertiary alicyclic amines) is 1. The third-order valence-corrected chi connectivity index (χ3v) is 6.18. The number of piperidine rings is 2. The molecule has 0 bridgehead atoms. The third kappa shape index (κ3) is 2.73. The van der Waals surface area contributed by atoms with E-state index in [4.69, 9.17) is 0 Å². The summed E-state index contributed by atoms with van der Waals surface area (Å²) in [5.41, 5.74) is 1.02. The maximum atomic E-state index is 12.9. The molecule has 116 valence electrons. The molecule has 0 aromatic carbocycles. The number of fused-ring (bicyclic) bond motifs is 1. The summed E-state index contributed by atoms with van der Waals surface area (Å²) in [5.74, 6) is 0.276. The molecule has 3 heterocycles. The molecule has 1 aromatic rings. The van der Waals surface area contributed by atoms with Crippen LogP contribution in [0.25, 0.3) is 0 Å². The van der Waals surface area contributed by atoms with Crippen LogP contribution in [0.5, 0.6) is 0 Å². The predicted octanol–water partition coefficient (Wildman–Crippen LogP) is 2.44. The predicted molar refractivity (Wildman–Crippen MR) is 85.7 cm³/mol. The van der Waals surface area contributed by atoms with Crippen LogP contribution in [0.1, 0.15) is 48.2 Å². The fraction of sp³-hybridized carbons (Fsp3) is 0.750. The van der Waals surface area contributed by atoms with Crippen molar-refractivity contribution in [2.75, 3.05) is 13.1 Å². The molecule has 2 atom stereocenters. The van der Waals surface area contributed by atoms with Crippen LogP contribution in [0.4, 0.5) is 0 Å². The highest BCUT2D eigenvalue weighted by Crippen LogP contribution is 2.35. The second-order valence-corrected chi connectivity index (χ2v) is 7.86. The number of nitrogens with one attached hydrogen (secondary N) is 1. The van der Waals surface area contributed by atoms with E-state index in [9.17, 15) is 4.79 Å². The van der Waals surface area contributed by atoms with Gasteiger partial charge in [0.25, 0.3) is 0 Å². The first-order valence-corrected chi connectivity index (χ1v) is 8.79. The molecular weight excluding hydrogens is 282 g/mol.